The molecule has 7 heteroatoms. The molecule has 0 fully saturated rings. The number of amides is 2. The van der Waals surface area contributed by atoms with Crippen molar-refractivity contribution >= 4 is 17.5 Å². The molecular formula is C18H17F3N2O2. The Morgan fingerprint density at radius 3 is 2.16 bits per heavy atom. The molecule has 0 unspecified atom stereocenters. The molecule has 0 aromatic heterocycles. The Labute approximate surface area is 143 Å². The predicted octanol–water partition coefficient (Wildman–Crippen LogP) is 3.39. The zero-order chi connectivity index (χ0) is 18.6. The van der Waals surface area contributed by atoms with Gasteiger partial charge in [-0.05, 0) is 43.7 Å². The van der Waals surface area contributed by atoms with Gasteiger partial charge in [-0.3, -0.25) is 9.59 Å². The molecule has 0 aliphatic heterocycles. The second-order valence-corrected chi connectivity index (χ2v) is 6.02. The van der Waals surface area contributed by atoms with Crippen LogP contribution in [0.3, 0.4) is 0 Å². The molecule has 0 saturated carbocycles. The van der Waals surface area contributed by atoms with Gasteiger partial charge in [0.2, 0.25) is 11.8 Å². The van der Waals surface area contributed by atoms with Crippen LogP contribution in [0.15, 0.2) is 42.5 Å². The van der Waals surface area contributed by atoms with Crippen molar-refractivity contribution < 1.29 is 22.8 Å². The van der Waals surface area contributed by atoms with Crippen LogP contribution in [-0.2, 0) is 16.1 Å². The Hall–Kier alpha value is -2.83. The molecule has 0 aliphatic rings. The average Bonchev–Trinajstić information content (AvgIpc) is 2.57. The lowest BCUT2D eigenvalue weighted by molar-refractivity contribution is -0.138. The van der Waals surface area contributed by atoms with Crippen molar-refractivity contribution in [2.24, 2.45) is 5.41 Å². The molecule has 25 heavy (non-hydrogen) atoms. The lowest BCUT2D eigenvalue weighted by Crippen LogP contribution is -2.44. The van der Waals surface area contributed by atoms with Gasteiger partial charge in [-0.2, -0.15) is 0 Å². The number of nitrogens with one attached hydrogen (secondary N) is 2. The molecule has 2 amide bonds. The highest BCUT2D eigenvalue weighted by Crippen LogP contribution is 2.20. The molecule has 0 spiro atoms. The van der Waals surface area contributed by atoms with Crippen LogP contribution in [-0.4, -0.2) is 11.8 Å². The summed E-state index contributed by atoms with van der Waals surface area (Å²) in [5.41, 5.74) is -0.736. The van der Waals surface area contributed by atoms with Gasteiger partial charge in [0.05, 0.1) is 0 Å². The molecule has 0 aliphatic carbocycles. The highest BCUT2D eigenvalue weighted by Gasteiger charge is 2.36. The maximum Gasteiger partial charge on any atom is 0.239 e. The Kier molecular flexibility index (Phi) is 5.46. The first-order valence-corrected chi connectivity index (χ1v) is 7.49. The Morgan fingerprint density at radius 1 is 0.920 bits per heavy atom. The molecule has 2 N–H and O–H groups in total. The van der Waals surface area contributed by atoms with Crippen molar-refractivity contribution in [3.63, 3.8) is 0 Å². The van der Waals surface area contributed by atoms with E-state index in [2.05, 4.69) is 10.6 Å². The first-order chi connectivity index (χ1) is 11.7. The molecule has 0 heterocycles. The molecule has 2 aromatic rings. The van der Waals surface area contributed by atoms with E-state index in [-0.39, 0.29) is 18.0 Å². The number of carbonyl (C=O) groups excluding carboxylic acids is 2. The average molecular weight is 350 g/mol. The fourth-order valence-electron chi connectivity index (χ4n) is 1.97. The summed E-state index contributed by atoms with van der Waals surface area (Å²) >= 11 is 0. The lowest BCUT2D eigenvalue weighted by atomic mass is 9.90. The zero-order valence-corrected chi connectivity index (χ0v) is 13.7. The second-order valence-electron chi connectivity index (χ2n) is 6.02. The van der Waals surface area contributed by atoms with E-state index in [1.165, 1.54) is 44.2 Å². The summed E-state index contributed by atoms with van der Waals surface area (Å²) in [5, 5.41) is 4.97. The van der Waals surface area contributed by atoms with Crippen LogP contribution in [0.25, 0.3) is 0 Å². The maximum absolute atomic E-state index is 13.2. The largest absolute Gasteiger partial charge is 0.351 e. The number of halogens is 3. The highest BCUT2D eigenvalue weighted by atomic mass is 19.2. The van der Waals surface area contributed by atoms with Crippen LogP contribution >= 0.6 is 0 Å². The summed E-state index contributed by atoms with van der Waals surface area (Å²) in [7, 11) is 0. The van der Waals surface area contributed by atoms with Crippen LogP contribution in [0.2, 0.25) is 0 Å². The third-order valence-electron chi connectivity index (χ3n) is 3.68. The minimum Gasteiger partial charge on any atom is -0.351 e. The topological polar surface area (TPSA) is 58.2 Å². The van der Waals surface area contributed by atoms with Crippen molar-refractivity contribution in [2.45, 2.75) is 20.4 Å². The number of benzene rings is 2. The monoisotopic (exact) mass is 350 g/mol. The van der Waals surface area contributed by atoms with Crippen molar-refractivity contribution in [3.8, 4) is 0 Å². The molecule has 2 rings (SSSR count). The SMILES string of the molecule is CC(C)(C(=O)NCc1ccc(F)cc1)C(=O)Nc1ccc(F)c(F)c1. The number of hydrogen-bond donors (Lipinski definition) is 2. The van der Waals surface area contributed by atoms with Gasteiger partial charge in [0, 0.05) is 18.3 Å². The van der Waals surface area contributed by atoms with Gasteiger partial charge in [0.25, 0.3) is 0 Å². The van der Waals surface area contributed by atoms with E-state index in [0.717, 1.165) is 12.1 Å². The van der Waals surface area contributed by atoms with E-state index in [1.54, 1.807) is 0 Å². The number of rotatable bonds is 5. The van der Waals surface area contributed by atoms with Gasteiger partial charge in [-0.1, -0.05) is 12.1 Å². The normalized spacial score (nSPS) is 11.1. The Morgan fingerprint density at radius 2 is 1.56 bits per heavy atom. The molecule has 4 nitrogen and oxygen atoms in total. The second kappa shape index (κ2) is 7.38. The molecule has 2 aromatic carbocycles. The van der Waals surface area contributed by atoms with Crippen molar-refractivity contribution in [3.05, 3.63) is 65.5 Å². The number of carbonyl (C=O) groups is 2. The quantitative estimate of drug-likeness (QED) is 0.812. The molecule has 0 atom stereocenters. The summed E-state index contributed by atoms with van der Waals surface area (Å²) in [4.78, 5) is 24.6. The molecule has 0 bridgehead atoms. The summed E-state index contributed by atoms with van der Waals surface area (Å²) in [6.07, 6.45) is 0. The van der Waals surface area contributed by atoms with E-state index >= 15 is 0 Å². The van der Waals surface area contributed by atoms with Crippen molar-refractivity contribution in [1.82, 2.24) is 5.32 Å². The lowest BCUT2D eigenvalue weighted by Gasteiger charge is -2.22. The van der Waals surface area contributed by atoms with Crippen LogP contribution in [0, 0.1) is 22.9 Å². The fraction of sp³-hybridized carbons (Fsp3) is 0.222. The summed E-state index contributed by atoms with van der Waals surface area (Å²) in [6, 6.07) is 8.48. The van der Waals surface area contributed by atoms with Gasteiger partial charge in [0.1, 0.15) is 11.2 Å². The number of hydrogen-bond acceptors (Lipinski definition) is 2. The van der Waals surface area contributed by atoms with E-state index in [9.17, 15) is 22.8 Å². The highest BCUT2D eigenvalue weighted by molar-refractivity contribution is 6.09. The van der Waals surface area contributed by atoms with Gasteiger partial charge in [-0.25, -0.2) is 13.2 Å². The first kappa shape index (κ1) is 18.5. The van der Waals surface area contributed by atoms with Crippen LogP contribution < -0.4 is 10.6 Å². The smallest absolute Gasteiger partial charge is 0.239 e. The Balaban J connectivity index is 2.00. The summed E-state index contributed by atoms with van der Waals surface area (Å²) < 4.78 is 38.9. The minimum absolute atomic E-state index is 0.0447. The van der Waals surface area contributed by atoms with E-state index in [4.69, 9.17) is 0 Å². The third kappa shape index (κ3) is 4.59. The van der Waals surface area contributed by atoms with Gasteiger partial charge >= 0.3 is 0 Å². The molecule has 132 valence electrons. The molecular weight excluding hydrogens is 333 g/mol. The van der Waals surface area contributed by atoms with Crippen LogP contribution in [0.5, 0.6) is 0 Å². The van der Waals surface area contributed by atoms with Crippen LogP contribution in [0.4, 0.5) is 18.9 Å². The van der Waals surface area contributed by atoms with Crippen LogP contribution in [0.1, 0.15) is 19.4 Å². The van der Waals surface area contributed by atoms with E-state index in [1.807, 2.05) is 0 Å². The van der Waals surface area contributed by atoms with E-state index < -0.39 is 28.9 Å². The Bertz CT molecular complexity index is 789. The van der Waals surface area contributed by atoms with Crippen molar-refractivity contribution in [1.29, 1.82) is 0 Å². The van der Waals surface area contributed by atoms with E-state index in [0.29, 0.717) is 5.56 Å². The zero-order valence-electron chi connectivity index (χ0n) is 13.7. The van der Waals surface area contributed by atoms with Crippen molar-refractivity contribution in [2.75, 3.05) is 5.32 Å². The van der Waals surface area contributed by atoms with Gasteiger partial charge in [0.15, 0.2) is 11.6 Å². The van der Waals surface area contributed by atoms with Gasteiger partial charge < -0.3 is 10.6 Å². The predicted molar refractivity (Wildman–Crippen MR) is 87.0 cm³/mol. The van der Waals surface area contributed by atoms with Gasteiger partial charge in [-0.15, -0.1) is 0 Å². The number of anilines is 1. The summed E-state index contributed by atoms with van der Waals surface area (Å²) in [5.74, 6) is -3.75. The standard InChI is InChI=1S/C18H17F3N2O2/c1-18(2,16(24)22-10-11-3-5-12(19)6-4-11)17(25)23-13-7-8-14(20)15(21)9-13/h3-9H,10H2,1-2H3,(H,22,24)(H,23,25). The molecule has 0 radical (unpaired) electrons. The molecule has 0 saturated heterocycles. The maximum atomic E-state index is 13.2. The summed E-state index contributed by atoms with van der Waals surface area (Å²) in [6.45, 7) is 2.94. The first-order valence-electron chi connectivity index (χ1n) is 7.49. The third-order valence-corrected chi connectivity index (χ3v) is 3.68. The minimum atomic E-state index is -1.45. The fourth-order valence-corrected chi connectivity index (χ4v) is 1.97.